The fraction of sp³-hybridized carbons (Fsp3) is 0.312. The number of esters is 1. The predicted molar refractivity (Wildman–Crippen MR) is 93.6 cm³/mol. The van der Waals surface area contributed by atoms with E-state index in [2.05, 4.69) is 0 Å². The first kappa shape index (κ1) is 19.1. The standard InChI is InChI=1S/C16H16ClNO6S/c1-8(2)24-13(19)7-18-15(21)12(25-16(18)22)5-9-4-10(17)6-11(23-3)14(9)20/h4-6,8,20H,7H2,1-3H3/b12-5-. The zero-order valence-corrected chi connectivity index (χ0v) is 15.3. The number of hydrogen-bond acceptors (Lipinski definition) is 7. The highest BCUT2D eigenvalue weighted by atomic mass is 35.5. The van der Waals surface area contributed by atoms with Crippen LogP contribution >= 0.6 is 23.4 Å². The second-order valence-electron chi connectivity index (χ2n) is 5.35. The lowest BCUT2D eigenvalue weighted by molar-refractivity contribution is -0.149. The maximum Gasteiger partial charge on any atom is 0.326 e. The number of aromatic hydroxyl groups is 1. The summed E-state index contributed by atoms with van der Waals surface area (Å²) in [7, 11) is 1.36. The molecular formula is C16H16ClNO6S. The van der Waals surface area contributed by atoms with Gasteiger partial charge >= 0.3 is 5.97 Å². The number of carbonyl (C=O) groups excluding carboxylic acids is 3. The zero-order chi connectivity index (χ0) is 18.7. The fourth-order valence-electron chi connectivity index (χ4n) is 2.07. The highest BCUT2D eigenvalue weighted by Crippen LogP contribution is 2.38. The van der Waals surface area contributed by atoms with Crippen LogP contribution in [0.15, 0.2) is 17.0 Å². The van der Waals surface area contributed by atoms with Gasteiger partial charge in [0.1, 0.15) is 6.54 Å². The molecule has 1 aliphatic heterocycles. The summed E-state index contributed by atoms with van der Waals surface area (Å²) in [5.74, 6) is -1.39. The van der Waals surface area contributed by atoms with Crippen molar-refractivity contribution in [1.29, 1.82) is 0 Å². The molecule has 1 fully saturated rings. The van der Waals surface area contributed by atoms with Crippen molar-refractivity contribution < 1.29 is 29.0 Å². The van der Waals surface area contributed by atoms with Crippen molar-refractivity contribution in [3.05, 3.63) is 27.6 Å². The van der Waals surface area contributed by atoms with Gasteiger partial charge in [0, 0.05) is 16.7 Å². The molecule has 1 N–H and O–H groups in total. The maximum atomic E-state index is 12.4. The second-order valence-corrected chi connectivity index (χ2v) is 6.78. The Balaban J connectivity index is 2.26. The van der Waals surface area contributed by atoms with E-state index in [1.807, 2.05) is 0 Å². The Hall–Kier alpha value is -2.19. The summed E-state index contributed by atoms with van der Waals surface area (Å²) >= 11 is 6.61. The van der Waals surface area contributed by atoms with Gasteiger partial charge in [0.2, 0.25) is 0 Å². The van der Waals surface area contributed by atoms with Gasteiger partial charge in [0.05, 0.1) is 18.1 Å². The Morgan fingerprint density at radius 2 is 2.08 bits per heavy atom. The SMILES string of the molecule is COc1cc(Cl)cc(/C=C2\SC(=O)N(CC(=O)OC(C)C)C2=O)c1O. The third-order valence-electron chi connectivity index (χ3n) is 3.10. The molecule has 0 radical (unpaired) electrons. The summed E-state index contributed by atoms with van der Waals surface area (Å²) in [6.07, 6.45) is 0.974. The molecule has 0 aromatic heterocycles. The van der Waals surface area contributed by atoms with Gasteiger partial charge in [-0.1, -0.05) is 11.6 Å². The number of amides is 2. The summed E-state index contributed by atoms with van der Waals surface area (Å²) in [5, 5.41) is 9.81. The molecule has 1 aliphatic rings. The van der Waals surface area contributed by atoms with Crippen LogP contribution in [0.1, 0.15) is 19.4 Å². The van der Waals surface area contributed by atoms with Crippen LogP contribution in [0.4, 0.5) is 4.79 Å². The Morgan fingerprint density at radius 1 is 1.40 bits per heavy atom. The number of phenols is 1. The smallest absolute Gasteiger partial charge is 0.326 e. The maximum absolute atomic E-state index is 12.4. The van der Waals surface area contributed by atoms with Crippen molar-refractivity contribution in [2.24, 2.45) is 0 Å². The first-order valence-electron chi connectivity index (χ1n) is 7.24. The fourth-order valence-corrected chi connectivity index (χ4v) is 3.11. The molecule has 1 saturated heterocycles. The molecule has 0 bridgehead atoms. The minimum Gasteiger partial charge on any atom is -0.504 e. The third-order valence-corrected chi connectivity index (χ3v) is 4.23. The number of rotatable bonds is 5. The quantitative estimate of drug-likeness (QED) is 0.615. The molecule has 1 aromatic carbocycles. The Kier molecular flexibility index (Phi) is 5.97. The molecule has 2 amide bonds. The van der Waals surface area contributed by atoms with Crippen LogP contribution in [-0.2, 0) is 14.3 Å². The van der Waals surface area contributed by atoms with Gasteiger partial charge in [0.15, 0.2) is 11.5 Å². The lowest BCUT2D eigenvalue weighted by Crippen LogP contribution is -2.35. The molecule has 7 nitrogen and oxygen atoms in total. The molecule has 9 heteroatoms. The minimum atomic E-state index is -0.675. The first-order valence-corrected chi connectivity index (χ1v) is 8.43. The molecule has 25 heavy (non-hydrogen) atoms. The van der Waals surface area contributed by atoms with E-state index in [4.69, 9.17) is 21.1 Å². The number of nitrogens with zero attached hydrogens (tertiary/aromatic N) is 1. The Morgan fingerprint density at radius 3 is 2.68 bits per heavy atom. The van der Waals surface area contributed by atoms with Crippen molar-refractivity contribution >= 4 is 46.6 Å². The largest absolute Gasteiger partial charge is 0.504 e. The normalized spacial score (nSPS) is 16.0. The predicted octanol–water partition coefficient (Wildman–Crippen LogP) is 3.04. The molecule has 134 valence electrons. The molecular weight excluding hydrogens is 370 g/mol. The van der Waals surface area contributed by atoms with E-state index in [0.29, 0.717) is 16.8 Å². The van der Waals surface area contributed by atoms with Crippen molar-refractivity contribution in [1.82, 2.24) is 4.90 Å². The van der Waals surface area contributed by atoms with Crippen LogP contribution in [-0.4, -0.2) is 46.9 Å². The van der Waals surface area contributed by atoms with Gasteiger partial charge in [0.25, 0.3) is 11.1 Å². The van der Waals surface area contributed by atoms with E-state index in [9.17, 15) is 19.5 Å². The highest BCUT2D eigenvalue weighted by Gasteiger charge is 2.37. The van der Waals surface area contributed by atoms with Gasteiger partial charge in [-0.15, -0.1) is 0 Å². The summed E-state index contributed by atoms with van der Waals surface area (Å²) in [6, 6.07) is 2.85. The zero-order valence-electron chi connectivity index (χ0n) is 13.7. The highest BCUT2D eigenvalue weighted by molar-refractivity contribution is 8.18. The van der Waals surface area contributed by atoms with E-state index < -0.39 is 23.7 Å². The number of phenolic OH excluding ortho intramolecular Hbond substituents is 1. The summed E-state index contributed by atoms with van der Waals surface area (Å²) < 4.78 is 9.94. The summed E-state index contributed by atoms with van der Waals surface area (Å²) in [4.78, 5) is 36.9. The second kappa shape index (κ2) is 7.79. The van der Waals surface area contributed by atoms with Gasteiger partial charge < -0.3 is 14.6 Å². The lowest BCUT2D eigenvalue weighted by Gasteiger charge is -2.13. The van der Waals surface area contributed by atoms with E-state index in [1.54, 1.807) is 13.8 Å². The number of thioether (sulfide) groups is 1. The topological polar surface area (TPSA) is 93.1 Å². The molecule has 0 aliphatic carbocycles. The van der Waals surface area contributed by atoms with Crippen molar-refractivity contribution in [2.75, 3.05) is 13.7 Å². The van der Waals surface area contributed by atoms with Crippen LogP contribution in [0.3, 0.4) is 0 Å². The van der Waals surface area contributed by atoms with Gasteiger partial charge in [-0.05, 0) is 37.8 Å². The monoisotopic (exact) mass is 385 g/mol. The number of methoxy groups -OCH3 is 1. The average Bonchev–Trinajstić information content (AvgIpc) is 2.77. The van der Waals surface area contributed by atoms with E-state index in [0.717, 1.165) is 4.90 Å². The first-order chi connectivity index (χ1) is 11.7. The molecule has 1 aromatic rings. The number of carbonyl (C=O) groups is 3. The Bertz CT molecular complexity index is 761. The van der Waals surface area contributed by atoms with E-state index in [-0.39, 0.29) is 28.1 Å². The molecule has 0 saturated carbocycles. The number of imide groups is 1. The van der Waals surface area contributed by atoms with Crippen LogP contribution in [0.5, 0.6) is 11.5 Å². The minimum absolute atomic E-state index is 0.0574. The molecule has 2 rings (SSSR count). The van der Waals surface area contributed by atoms with Crippen molar-refractivity contribution in [3.63, 3.8) is 0 Å². The number of ether oxygens (including phenoxy) is 2. The van der Waals surface area contributed by atoms with Gasteiger partial charge in [-0.3, -0.25) is 19.3 Å². The van der Waals surface area contributed by atoms with Crippen LogP contribution < -0.4 is 4.74 Å². The number of halogens is 1. The Labute approximate surface area is 153 Å². The molecule has 0 atom stereocenters. The third kappa shape index (κ3) is 4.46. The van der Waals surface area contributed by atoms with E-state index >= 15 is 0 Å². The van der Waals surface area contributed by atoms with Crippen molar-refractivity contribution in [2.45, 2.75) is 20.0 Å². The average molecular weight is 386 g/mol. The molecule has 0 spiro atoms. The molecule has 1 heterocycles. The van der Waals surface area contributed by atoms with Gasteiger partial charge in [-0.2, -0.15) is 0 Å². The van der Waals surface area contributed by atoms with Crippen LogP contribution in [0.2, 0.25) is 5.02 Å². The van der Waals surface area contributed by atoms with Crippen molar-refractivity contribution in [3.8, 4) is 11.5 Å². The molecule has 0 unspecified atom stereocenters. The summed E-state index contributed by atoms with van der Waals surface area (Å²) in [5.41, 5.74) is 0.222. The lowest BCUT2D eigenvalue weighted by atomic mass is 10.1. The summed E-state index contributed by atoms with van der Waals surface area (Å²) in [6.45, 7) is 2.87. The van der Waals surface area contributed by atoms with Gasteiger partial charge in [-0.25, -0.2) is 0 Å². The van der Waals surface area contributed by atoms with Crippen LogP contribution in [0.25, 0.3) is 6.08 Å². The van der Waals surface area contributed by atoms with E-state index in [1.165, 1.54) is 25.3 Å². The number of benzene rings is 1. The number of hydrogen-bond donors (Lipinski definition) is 1. The van der Waals surface area contributed by atoms with Crippen LogP contribution in [0, 0.1) is 0 Å².